The second-order valence-corrected chi connectivity index (χ2v) is 5.59. The van der Waals surface area contributed by atoms with Crippen LogP contribution >= 0.6 is 0 Å². The lowest BCUT2D eigenvalue weighted by Gasteiger charge is -2.31. The van der Waals surface area contributed by atoms with Crippen LogP contribution in [0.1, 0.15) is 18.4 Å². The standard InChI is InChI=1S/C17H20F2N2O2/c1-2-15(22)21-10-8-13(9-11-21)16(23)20-12-17(18,19)14-6-4-3-5-7-14/h2-7,13H,1,8-12H2,(H,20,23). The highest BCUT2D eigenvalue weighted by Crippen LogP contribution is 2.27. The molecule has 0 spiro atoms. The predicted molar refractivity (Wildman–Crippen MR) is 82.8 cm³/mol. The van der Waals surface area contributed by atoms with Gasteiger partial charge in [-0.25, -0.2) is 0 Å². The molecule has 124 valence electrons. The van der Waals surface area contributed by atoms with E-state index in [0.717, 1.165) is 0 Å². The molecular formula is C17H20F2N2O2. The number of piperidine rings is 1. The Balaban J connectivity index is 1.84. The summed E-state index contributed by atoms with van der Waals surface area (Å²) in [4.78, 5) is 25.1. The van der Waals surface area contributed by atoms with Crippen LogP contribution in [0, 0.1) is 5.92 Å². The number of likely N-dealkylation sites (tertiary alicyclic amines) is 1. The molecule has 4 nitrogen and oxygen atoms in total. The normalized spacial score (nSPS) is 16.0. The van der Waals surface area contributed by atoms with Gasteiger partial charge in [0.15, 0.2) is 0 Å². The molecule has 1 aliphatic heterocycles. The zero-order valence-electron chi connectivity index (χ0n) is 12.8. The molecule has 0 radical (unpaired) electrons. The van der Waals surface area contributed by atoms with Crippen molar-refractivity contribution in [3.05, 3.63) is 48.6 Å². The summed E-state index contributed by atoms with van der Waals surface area (Å²) in [5.74, 6) is -3.99. The minimum Gasteiger partial charge on any atom is -0.349 e. The van der Waals surface area contributed by atoms with Gasteiger partial charge < -0.3 is 10.2 Å². The first-order valence-electron chi connectivity index (χ1n) is 7.56. The van der Waals surface area contributed by atoms with Gasteiger partial charge in [0.25, 0.3) is 5.92 Å². The molecule has 1 aliphatic rings. The third-order valence-electron chi connectivity index (χ3n) is 4.03. The Hall–Kier alpha value is -2.24. The molecule has 1 heterocycles. The maximum atomic E-state index is 14.0. The number of halogens is 2. The third-order valence-corrected chi connectivity index (χ3v) is 4.03. The number of hydrogen-bond acceptors (Lipinski definition) is 2. The first kappa shape index (κ1) is 17.1. The molecule has 0 bridgehead atoms. The van der Waals surface area contributed by atoms with E-state index in [1.807, 2.05) is 0 Å². The number of carbonyl (C=O) groups is 2. The Morgan fingerprint density at radius 3 is 2.43 bits per heavy atom. The van der Waals surface area contributed by atoms with Gasteiger partial charge in [-0.1, -0.05) is 36.9 Å². The third kappa shape index (κ3) is 4.37. The van der Waals surface area contributed by atoms with Crippen LogP contribution in [-0.2, 0) is 15.5 Å². The number of hydrogen-bond donors (Lipinski definition) is 1. The van der Waals surface area contributed by atoms with Crippen LogP contribution in [0.4, 0.5) is 8.78 Å². The summed E-state index contributed by atoms with van der Waals surface area (Å²) < 4.78 is 28.0. The van der Waals surface area contributed by atoms with Crippen LogP contribution in [0.5, 0.6) is 0 Å². The summed E-state index contributed by atoms with van der Waals surface area (Å²) in [6.07, 6.45) is 2.19. The van der Waals surface area contributed by atoms with Crippen molar-refractivity contribution in [3.63, 3.8) is 0 Å². The SMILES string of the molecule is C=CC(=O)N1CCC(C(=O)NCC(F)(F)c2ccccc2)CC1. The van der Waals surface area contributed by atoms with Crippen molar-refractivity contribution in [2.75, 3.05) is 19.6 Å². The Labute approximate surface area is 134 Å². The number of rotatable bonds is 5. The predicted octanol–water partition coefficient (Wildman–Crippen LogP) is 2.32. The second-order valence-electron chi connectivity index (χ2n) is 5.59. The average molecular weight is 322 g/mol. The van der Waals surface area contributed by atoms with Crippen molar-refractivity contribution >= 4 is 11.8 Å². The van der Waals surface area contributed by atoms with E-state index in [0.29, 0.717) is 25.9 Å². The van der Waals surface area contributed by atoms with Gasteiger partial charge in [-0.2, -0.15) is 8.78 Å². The molecule has 1 fully saturated rings. The lowest BCUT2D eigenvalue weighted by Crippen LogP contribution is -2.44. The van der Waals surface area contributed by atoms with Crippen LogP contribution in [-0.4, -0.2) is 36.3 Å². The first-order valence-corrected chi connectivity index (χ1v) is 7.56. The Morgan fingerprint density at radius 2 is 1.87 bits per heavy atom. The van der Waals surface area contributed by atoms with Gasteiger partial charge >= 0.3 is 0 Å². The summed E-state index contributed by atoms with van der Waals surface area (Å²) in [7, 11) is 0. The maximum absolute atomic E-state index is 14.0. The van der Waals surface area contributed by atoms with E-state index in [1.54, 1.807) is 11.0 Å². The van der Waals surface area contributed by atoms with Crippen LogP contribution in [0.3, 0.4) is 0 Å². The minimum atomic E-state index is -3.10. The number of nitrogens with zero attached hydrogens (tertiary/aromatic N) is 1. The Morgan fingerprint density at radius 1 is 1.26 bits per heavy atom. The van der Waals surface area contributed by atoms with Gasteiger partial charge in [0.1, 0.15) is 0 Å². The highest BCUT2D eigenvalue weighted by Gasteiger charge is 2.33. The average Bonchev–Trinajstić information content (AvgIpc) is 2.60. The summed E-state index contributed by atoms with van der Waals surface area (Å²) >= 11 is 0. The van der Waals surface area contributed by atoms with Gasteiger partial charge in [0.2, 0.25) is 11.8 Å². The number of alkyl halides is 2. The van der Waals surface area contributed by atoms with Crippen molar-refractivity contribution < 1.29 is 18.4 Å². The van der Waals surface area contributed by atoms with Gasteiger partial charge in [-0.3, -0.25) is 9.59 Å². The van der Waals surface area contributed by atoms with E-state index < -0.39 is 12.5 Å². The smallest absolute Gasteiger partial charge is 0.290 e. The van der Waals surface area contributed by atoms with Gasteiger partial charge in [0, 0.05) is 24.6 Å². The molecular weight excluding hydrogens is 302 g/mol. The lowest BCUT2D eigenvalue weighted by atomic mass is 9.95. The zero-order valence-corrected chi connectivity index (χ0v) is 12.8. The summed E-state index contributed by atoms with van der Waals surface area (Å²) in [5, 5.41) is 2.34. The first-order chi connectivity index (χ1) is 10.9. The van der Waals surface area contributed by atoms with Crippen LogP contribution < -0.4 is 5.32 Å². The van der Waals surface area contributed by atoms with Crippen molar-refractivity contribution in [2.45, 2.75) is 18.8 Å². The maximum Gasteiger partial charge on any atom is 0.290 e. The molecule has 2 rings (SSSR count). The Bertz CT molecular complexity index is 567. The van der Waals surface area contributed by atoms with Gasteiger partial charge in [-0.15, -0.1) is 0 Å². The van der Waals surface area contributed by atoms with Crippen LogP contribution in [0.15, 0.2) is 43.0 Å². The highest BCUT2D eigenvalue weighted by molar-refractivity contribution is 5.87. The van der Waals surface area contributed by atoms with E-state index >= 15 is 0 Å². The monoisotopic (exact) mass is 322 g/mol. The summed E-state index contributed by atoms with van der Waals surface area (Å²) in [6, 6.07) is 7.42. The van der Waals surface area contributed by atoms with E-state index in [4.69, 9.17) is 0 Å². The molecule has 6 heteroatoms. The molecule has 1 aromatic rings. The molecule has 0 unspecified atom stereocenters. The van der Waals surface area contributed by atoms with Crippen LogP contribution in [0.25, 0.3) is 0 Å². The number of nitrogens with one attached hydrogen (secondary N) is 1. The largest absolute Gasteiger partial charge is 0.349 e. The molecule has 0 atom stereocenters. The molecule has 0 saturated carbocycles. The van der Waals surface area contributed by atoms with Gasteiger partial charge in [-0.05, 0) is 18.9 Å². The number of benzene rings is 1. The van der Waals surface area contributed by atoms with Crippen LogP contribution in [0.2, 0.25) is 0 Å². The van der Waals surface area contributed by atoms with E-state index in [1.165, 1.54) is 30.3 Å². The van der Waals surface area contributed by atoms with Gasteiger partial charge in [0.05, 0.1) is 6.54 Å². The summed E-state index contributed by atoms with van der Waals surface area (Å²) in [5.41, 5.74) is -0.119. The fourth-order valence-electron chi connectivity index (χ4n) is 2.62. The number of carbonyl (C=O) groups excluding carboxylic acids is 2. The van der Waals surface area contributed by atoms with Crippen molar-refractivity contribution in [1.29, 1.82) is 0 Å². The van der Waals surface area contributed by atoms with E-state index in [9.17, 15) is 18.4 Å². The second kappa shape index (κ2) is 7.35. The van der Waals surface area contributed by atoms with Crippen molar-refractivity contribution in [2.24, 2.45) is 5.92 Å². The molecule has 1 N–H and O–H groups in total. The Kier molecular flexibility index (Phi) is 5.47. The zero-order chi connectivity index (χ0) is 16.9. The number of amides is 2. The molecule has 2 amide bonds. The van der Waals surface area contributed by atoms with Crippen molar-refractivity contribution in [3.8, 4) is 0 Å². The fourth-order valence-corrected chi connectivity index (χ4v) is 2.62. The highest BCUT2D eigenvalue weighted by atomic mass is 19.3. The molecule has 1 saturated heterocycles. The lowest BCUT2D eigenvalue weighted by molar-refractivity contribution is -0.133. The molecule has 23 heavy (non-hydrogen) atoms. The van der Waals surface area contributed by atoms with E-state index in [-0.39, 0.29) is 23.3 Å². The molecule has 1 aromatic carbocycles. The molecule has 0 aromatic heterocycles. The topological polar surface area (TPSA) is 49.4 Å². The fraction of sp³-hybridized carbons (Fsp3) is 0.412. The summed E-state index contributed by atoms with van der Waals surface area (Å²) in [6.45, 7) is 3.59. The van der Waals surface area contributed by atoms with Crippen molar-refractivity contribution in [1.82, 2.24) is 10.2 Å². The minimum absolute atomic E-state index is 0.119. The molecule has 0 aliphatic carbocycles. The quantitative estimate of drug-likeness (QED) is 0.846. The van der Waals surface area contributed by atoms with E-state index in [2.05, 4.69) is 11.9 Å².